The number of thiazole rings is 1. The number of hydrogen-bond donors (Lipinski definition) is 0. The highest BCUT2D eigenvalue weighted by atomic mass is 32.1. The fourth-order valence-electron chi connectivity index (χ4n) is 5.41. The predicted molar refractivity (Wildman–Crippen MR) is 113 cm³/mol. The van der Waals surface area contributed by atoms with Crippen molar-refractivity contribution < 1.29 is 9.53 Å². The van der Waals surface area contributed by atoms with Gasteiger partial charge in [-0.25, -0.2) is 9.78 Å². The van der Waals surface area contributed by atoms with E-state index in [0.29, 0.717) is 6.61 Å². The van der Waals surface area contributed by atoms with E-state index in [1.54, 1.807) is 11.3 Å². The van der Waals surface area contributed by atoms with Crippen molar-refractivity contribution in [2.45, 2.75) is 43.7 Å². The molecule has 2 aromatic carbocycles. The van der Waals surface area contributed by atoms with Crippen LogP contribution in [0.5, 0.6) is 0 Å². The van der Waals surface area contributed by atoms with Gasteiger partial charge in [-0.1, -0.05) is 48.5 Å². The van der Waals surface area contributed by atoms with Gasteiger partial charge < -0.3 is 4.74 Å². The molecule has 146 valence electrons. The molecule has 4 nitrogen and oxygen atoms in total. The van der Waals surface area contributed by atoms with Crippen molar-refractivity contribution in [3.05, 3.63) is 75.7 Å². The molecule has 0 saturated carbocycles. The molecule has 1 aromatic heterocycles. The van der Waals surface area contributed by atoms with Crippen LogP contribution in [0, 0.1) is 0 Å². The topological polar surface area (TPSA) is 42.4 Å². The average Bonchev–Trinajstić information content (AvgIpc) is 3.34. The maximum Gasteiger partial charge on any atom is 0.410 e. The molecular formula is C24H22N2O2S. The number of benzene rings is 2. The highest BCUT2D eigenvalue weighted by Gasteiger charge is 2.42. The lowest BCUT2D eigenvalue weighted by Crippen LogP contribution is -2.49. The van der Waals surface area contributed by atoms with Crippen molar-refractivity contribution in [3.63, 3.8) is 0 Å². The Kier molecular flexibility index (Phi) is 3.98. The fourth-order valence-corrected chi connectivity index (χ4v) is 6.36. The van der Waals surface area contributed by atoms with Crippen molar-refractivity contribution in [2.75, 3.05) is 6.61 Å². The van der Waals surface area contributed by atoms with Gasteiger partial charge in [-0.05, 0) is 41.5 Å². The van der Waals surface area contributed by atoms with Gasteiger partial charge >= 0.3 is 6.09 Å². The number of carbonyl (C=O) groups is 1. The Hall–Kier alpha value is -2.66. The quantitative estimate of drug-likeness (QED) is 0.565. The first-order valence-electron chi connectivity index (χ1n) is 10.4. The maximum atomic E-state index is 13.2. The van der Waals surface area contributed by atoms with E-state index in [1.165, 1.54) is 39.2 Å². The predicted octanol–water partition coefficient (Wildman–Crippen LogP) is 5.54. The van der Waals surface area contributed by atoms with Crippen LogP contribution < -0.4 is 0 Å². The third kappa shape index (κ3) is 2.64. The summed E-state index contributed by atoms with van der Waals surface area (Å²) >= 11 is 1.68. The van der Waals surface area contributed by atoms with Gasteiger partial charge in [0.15, 0.2) is 0 Å². The zero-order valence-corrected chi connectivity index (χ0v) is 16.9. The highest BCUT2D eigenvalue weighted by molar-refractivity contribution is 7.09. The van der Waals surface area contributed by atoms with E-state index < -0.39 is 0 Å². The van der Waals surface area contributed by atoms with Gasteiger partial charge in [0, 0.05) is 18.4 Å². The van der Waals surface area contributed by atoms with Crippen molar-refractivity contribution in [3.8, 4) is 11.1 Å². The number of piperidine rings is 1. The Morgan fingerprint density at radius 1 is 1.07 bits per heavy atom. The van der Waals surface area contributed by atoms with Crippen molar-refractivity contribution in [1.29, 1.82) is 0 Å². The number of aromatic nitrogens is 1. The second-order valence-corrected chi connectivity index (χ2v) is 9.07. The standard InChI is InChI=1S/C24H22N2O2S/c27-24(26-15-6-5-11-22(26)23-21(12-15)25-14-29-23)28-13-20-18-9-3-1-7-16(18)17-8-2-4-10-19(17)20/h1-4,7-10,14-15,20,22H,5-6,11-13H2. The molecule has 5 heteroatoms. The fraction of sp³-hybridized carbons (Fsp3) is 0.333. The van der Waals surface area contributed by atoms with E-state index in [-0.39, 0.29) is 24.1 Å². The summed E-state index contributed by atoms with van der Waals surface area (Å²) in [6.07, 6.45) is 3.91. The number of ether oxygens (including phenoxy) is 1. The number of carbonyl (C=O) groups excluding carboxylic acids is 1. The molecule has 3 aliphatic rings. The highest BCUT2D eigenvalue weighted by Crippen LogP contribution is 2.46. The lowest BCUT2D eigenvalue weighted by atomic mass is 9.86. The van der Waals surface area contributed by atoms with E-state index in [1.807, 2.05) is 10.4 Å². The molecule has 29 heavy (non-hydrogen) atoms. The third-order valence-electron chi connectivity index (χ3n) is 6.70. The van der Waals surface area contributed by atoms with Crippen molar-refractivity contribution >= 4 is 17.4 Å². The first-order chi connectivity index (χ1) is 14.3. The van der Waals surface area contributed by atoms with Gasteiger partial charge in [-0.15, -0.1) is 11.3 Å². The Labute approximate surface area is 174 Å². The average molecular weight is 403 g/mol. The SMILES string of the molecule is O=C(OCC1c2ccccc2-c2ccccc21)N1C2CCCC1c1scnc1C2. The molecule has 1 aliphatic carbocycles. The van der Waals surface area contributed by atoms with Crippen molar-refractivity contribution in [1.82, 2.24) is 9.88 Å². The van der Waals surface area contributed by atoms with E-state index in [4.69, 9.17) is 4.74 Å². The van der Waals surface area contributed by atoms with Gasteiger partial charge in [-0.2, -0.15) is 0 Å². The van der Waals surface area contributed by atoms with Crippen LogP contribution in [0.4, 0.5) is 4.79 Å². The molecule has 2 bridgehead atoms. The summed E-state index contributed by atoms with van der Waals surface area (Å²) in [5.41, 5.74) is 8.13. The second-order valence-electron chi connectivity index (χ2n) is 8.18. The van der Waals surface area contributed by atoms with Crippen LogP contribution in [0.3, 0.4) is 0 Å². The Morgan fingerprint density at radius 2 is 1.79 bits per heavy atom. The Morgan fingerprint density at radius 3 is 2.55 bits per heavy atom. The molecule has 2 atom stereocenters. The molecule has 0 spiro atoms. The minimum atomic E-state index is -0.166. The number of rotatable bonds is 2. The first-order valence-corrected chi connectivity index (χ1v) is 11.2. The minimum Gasteiger partial charge on any atom is -0.448 e. The van der Waals surface area contributed by atoms with Crippen LogP contribution >= 0.6 is 11.3 Å². The van der Waals surface area contributed by atoms with Crippen LogP contribution in [-0.2, 0) is 11.2 Å². The molecule has 0 radical (unpaired) electrons. The van der Waals surface area contributed by atoms with Crippen molar-refractivity contribution in [2.24, 2.45) is 0 Å². The summed E-state index contributed by atoms with van der Waals surface area (Å²) < 4.78 is 5.98. The molecule has 0 N–H and O–H groups in total. The van der Waals surface area contributed by atoms with E-state index >= 15 is 0 Å². The summed E-state index contributed by atoms with van der Waals surface area (Å²) in [6, 6.07) is 17.3. The van der Waals surface area contributed by atoms with Gasteiger partial charge in [0.1, 0.15) is 6.61 Å². The normalized spacial score (nSPS) is 22.0. The van der Waals surface area contributed by atoms with E-state index in [9.17, 15) is 4.79 Å². The third-order valence-corrected chi connectivity index (χ3v) is 7.67. The summed E-state index contributed by atoms with van der Waals surface area (Å²) in [5, 5.41) is 0. The molecule has 3 heterocycles. The molecule has 2 aliphatic heterocycles. The van der Waals surface area contributed by atoms with Crippen LogP contribution in [0.15, 0.2) is 54.0 Å². The van der Waals surface area contributed by atoms with Crippen LogP contribution in [-0.4, -0.2) is 28.6 Å². The molecule has 1 saturated heterocycles. The zero-order valence-electron chi connectivity index (χ0n) is 16.1. The number of nitrogens with zero attached hydrogens (tertiary/aromatic N) is 2. The van der Waals surface area contributed by atoms with E-state index in [0.717, 1.165) is 19.3 Å². The smallest absolute Gasteiger partial charge is 0.410 e. The number of fused-ring (bicyclic) bond motifs is 7. The van der Waals surface area contributed by atoms with Crippen LogP contribution in [0.2, 0.25) is 0 Å². The molecule has 1 amide bonds. The number of amides is 1. The first kappa shape index (κ1) is 17.2. The molecule has 1 fully saturated rings. The van der Waals surface area contributed by atoms with Gasteiger partial charge in [0.25, 0.3) is 0 Å². The summed E-state index contributed by atoms with van der Waals surface area (Å²) in [4.78, 5) is 21.0. The van der Waals surface area contributed by atoms with Gasteiger partial charge in [0.2, 0.25) is 0 Å². The molecule has 3 aromatic rings. The summed E-state index contributed by atoms with van der Waals surface area (Å²) in [6.45, 7) is 0.387. The minimum absolute atomic E-state index is 0.106. The molecule has 6 rings (SSSR count). The van der Waals surface area contributed by atoms with Gasteiger partial charge in [0.05, 0.1) is 22.1 Å². The van der Waals surface area contributed by atoms with Crippen LogP contribution in [0.25, 0.3) is 11.1 Å². The number of hydrogen-bond acceptors (Lipinski definition) is 4. The molecule has 2 unspecified atom stereocenters. The summed E-state index contributed by atoms with van der Waals surface area (Å²) in [5.74, 6) is 0.106. The second kappa shape index (κ2) is 6.70. The lowest BCUT2D eigenvalue weighted by Gasteiger charge is -2.44. The van der Waals surface area contributed by atoms with Crippen LogP contribution in [0.1, 0.15) is 52.9 Å². The monoisotopic (exact) mass is 402 g/mol. The Bertz CT molecular complexity index is 1050. The van der Waals surface area contributed by atoms with E-state index in [2.05, 4.69) is 53.5 Å². The molecular weight excluding hydrogens is 380 g/mol. The zero-order chi connectivity index (χ0) is 19.4. The summed E-state index contributed by atoms with van der Waals surface area (Å²) in [7, 11) is 0. The Balaban J connectivity index is 1.26. The largest absolute Gasteiger partial charge is 0.448 e. The maximum absolute atomic E-state index is 13.2. The lowest BCUT2D eigenvalue weighted by molar-refractivity contribution is 0.0381. The van der Waals surface area contributed by atoms with Gasteiger partial charge in [-0.3, -0.25) is 4.90 Å².